The third-order valence-corrected chi connectivity index (χ3v) is 4.22. The summed E-state index contributed by atoms with van der Waals surface area (Å²) < 4.78 is 2.67. The Balaban J connectivity index is 2.08. The SMILES string of the molecule is C[N+]1=CNC[C@]1(C)C[C@H](NC(=O)c1cc(Br)c[nH]1)C(=O)O. The first-order chi connectivity index (χ1) is 9.82. The van der Waals surface area contributed by atoms with Gasteiger partial charge in [-0.15, -0.1) is 0 Å². The van der Waals surface area contributed by atoms with E-state index in [0.29, 0.717) is 18.7 Å². The van der Waals surface area contributed by atoms with Gasteiger partial charge in [-0.2, -0.15) is 0 Å². The number of hydrogen-bond donors (Lipinski definition) is 4. The Hall–Kier alpha value is -1.83. The number of H-pyrrole nitrogens is 1. The highest BCUT2D eigenvalue weighted by Gasteiger charge is 2.40. The summed E-state index contributed by atoms with van der Waals surface area (Å²) in [6.45, 7) is 2.59. The van der Waals surface area contributed by atoms with Gasteiger partial charge < -0.3 is 15.4 Å². The number of carbonyl (C=O) groups excluding carboxylic acids is 1. The molecule has 1 amide bonds. The van der Waals surface area contributed by atoms with Crippen LogP contribution >= 0.6 is 15.9 Å². The summed E-state index contributed by atoms with van der Waals surface area (Å²) in [6, 6.07) is 0.646. The van der Waals surface area contributed by atoms with Crippen LogP contribution in [0.4, 0.5) is 0 Å². The second-order valence-corrected chi connectivity index (χ2v) is 6.33. The number of likely N-dealkylation sites (N-methyl/N-ethyl adjacent to an activating group) is 1. The fourth-order valence-corrected chi connectivity index (χ4v) is 2.62. The molecule has 0 saturated carbocycles. The molecule has 1 aromatic rings. The number of hydrogen-bond acceptors (Lipinski definition) is 3. The number of carboxylic acid groups (broad SMARTS) is 1. The van der Waals surface area contributed by atoms with Gasteiger partial charge in [0.1, 0.15) is 23.8 Å². The van der Waals surface area contributed by atoms with E-state index < -0.39 is 17.9 Å². The summed E-state index contributed by atoms with van der Waals surface area (Å²) in [5.41, 5.74) is -0.0325. The van der Waals surface area contributed by atoms with Crippen LogP contribution in [-0.2, 0) is 4.79 Å². The molecule has 0 spiro atoms. The van der Waals surface area contributed by atoms with Crippen LogP contribution in [0.1, 0.15) is 23.8 Å². The normalized spacial score (nSPS) is 22.3. The van der Waals surface area contributed by atoms with Crippen molar-refractivity contribution in [3.8, 4) is 0 Å². The summed E-state index contributed by atoms with van der Waals surface area (Å²) in [5.74, 6) is -1.48. The second-order valence-electron chi connectivity index (χ2n) is 5.42. The largest absolute Gasteiger partial charge is 0.480 e. The molecule has 2 heterocycles. The van der Waals surface area contributed by atoms with Crippen LogP contribution in [0.5, 0.6) is 0 Å². The van der Waals surface area contributed by atoms with E-state index in [1.165, 1.54) is 0 Å². The molecule has 7 nitrogen and oxygen atoms in total. The fraction of sp³-hybridized carbons (Fsp3) is 0.462. The molecule has 1 aliphatic rings. The molecule has 2 rings (SSSR count). The van der Waals surface area contributed by atoms with Crippen molar-refractivity contribution < 1.29 is 19.3 Å². The number of nitrogens with one attached hydrogen (secondary N) is 3. The zero-order valence-corrected chi connectivity index (χ0v) is 13.4. The summed E-state index contributed by atoms with van der Waals surface area (Å²) in [7, 11) is 1.88. The monoisotopic (exact) mass is 357 g/mol. The first-order valence-electron chi connectivity index (χ1n) is 6.49. The van der Waals surface area contributed by atoms with E-state index in [2.05, 4.69) is 31.5 Å². The maximum Gasteiger partial charge on any atom is 0.326 e. The van der Waals surface area contributed by atoms with Crippen molar-refractivity contribution in [1.29, 1.82) is 0 Å². The van der Waals surface area contributed by atoms with Crippen molar-refractivity contribution in [3.05, 3.63) is 22.4 Å². The second kappa shape index (κ2) is 5.88. The minimum Gasteiger partial charge on any atom is -0.480 e. The molecular weight excluding hydrogens is 340 g/mol. The molecule has 0 aromatic carbocycles. The van der Waals surface area contributed by atoms with Crippen molar-refractivity contribution in [2.45, 2.75) is 24.9 Å². The molecule has 0 unspecified atom stereocenters. The number of aliphatic carboxylic acids is 1. The standard InChI is InChI=1S/C13H17BrN4O3/c1-13(6-15-7-18(13)2)4-10(12(20)21)17-11(19)9-3-8(14)5-16-9/h3,5,7,10H,4,6H2,1-2H3,(H3,16,17,19,20,21)/p+1/t10-,13-/m0/s1. The zero-order chi connectivity index (χ0) is 15.6. The maximum atomic E-state index is 12.1. The highest BCUT2D eigenvalue weighted by molar-refractivity contribution is 9.10. The quantitative estimate of drug-likeness (QED) is 0.573. The van der Waals surface area contributed by atoms with Gasteiger partial charge in [0, 0.05) is 17.1 Å². The minimum atomic E-state index is -1.05. The van der Waals surface area contributed by atoms with E-state index in [1.54, 1.807) is 12.3 Å². The van der Waals surface area contributed by atoms with Crippen molar-refractivity contribution >= 4 is 34.1 Å². The van der Waals surface area contributed by atoms with E-state index in [4.69, 9.17) is 0 Å². The number of halogens is 1. The van der Waals surface area contributed by atoms with Crippen LogP contribution in [0, 0.1) is 0 Å². The van der Waals surface area contributed by atoms with Crippen LogP contribution in [0.25, 0.3) is 0 Å². The Bertz CT molecular complexity index is 598. The van der Waals surface area contributed by atoms with Gasteiger partial charge in [0.15, 0.2) is 0 Å². The van der Waals surface area contributed by atoms with Crippen molar-refractivity contribution in [2.24, 2.45) is 0 Å². The van der Waals surface area contributed by atoms with E-state index in [-0.39, 0.29) is 5.54 Å². The molecule has 2 atom stereocenters. The van der Waals surface area contributed by atoms with Crippen molar-refractivity contribution in [2.75, 3.05) is 13.6 Å². The molecule has 114 valence electrons. The minimum absolute atomic E-state index is 0.302. The van der Waals surface area contributed by atoms with Crippen LogP contribution in [0.3, 0.4) is 0 Å². The van der Waals surface area contributed by atoms with Crippen LogP contribution in [0.15, 0.2) is 16.7 Å². The van der Waals surface area contributed by atoms with E-state index in [1.807, 2.05) is 24.9 Å². The number of rotatable bonds is 5. The summed E-state index contributed by atoms with van der Waals surface area (Å²) >= 11 is 3.24. The van der Waals surface area contributed by atoms with Gasteiger partial charge in [-0.25, -0.2) is 4.79 Å². The van der Waals surface area contributed by atoms with Crippen molar-refractivity contribution in [3.63, 3.8) is 0 Å². The number of carbonyl (C=O) groups is 2. The molecule has 21 heavy (non-hydrogen) atoms. The molecule has 8 heteroatoms. The number of aromatic nitrogens is 1. The predicted molar refractivity (Wildman–Crippen MR) is 80.7 cm³/mol. The average Bonchev–Trinajstić information content (AvgIpc) is 2.96. The van der Waals surface area contributed by atoms with Gasteiger partial charge in [0.2, 0.25) is 6.34 Å². The Kier molecular flexibility index (Phi) is 4.36. The van der Waals surface area contributed by atoms with Gasteiger partial charge in [-0.1, -0.05) is 0 Å². The number of aromatic amines is 1. The van der Waals surface area contributed by atoms with E-state index >= 15 is 0 Å². The highest BCUT2D eigenvalue weighted by atomic mass is 79.9. The third-order valence-electron chi connectivity index (χ3n) is 3.76. The molecule has 0 saturated heterocycles. The lowest BCUT2D eigenvalue weighted by molar-refractivity contribution is -0.565. The lowest BCUT2D eigenvalue weighted by Gasteiger charge is -2.25. The Morgan fingerprint density at radius 2 is 2.33 bits per heavy atom. The number of nitrogens with zero attached hydrogens (tertiary/aromatic N) is 1. The van der Waals surface area contributed by atoms with Crippen LogP contribution in [-0.4, -0.2) is 58.1 Å². The average molecular weight is 358 g/mol. The fourth-order valence-electron chi connectivity index (χ4n) is 2.27. The summed E-state index contributed by atoms with van der Waals surface area (Å²) in [4.78, 5) is 26.3. The van der Waals surface area contributed by atoms with Gasteiger partial charge in [0.25, 0.3) is 5.91 Å². The predicted octanol–water partition coefficient (Wildman–Crippen LogP) is 0.383. The lowest BCUT2D eigenvalue weighted by atomic mass is 9.93. The topological polar surface area (TPSA) is 97.2 Å². The molecule has 1 aromatic heterocycles. The van der Waals surface area contributed by atoms with Gasteiger partial charge in [0.05, 0.1) is 7.05 Å². The van der Waals surface area contributed by atoms with Crippen LogP contribution < -0.4 is 10.6 Å². The highest BCUT2D eigenvalue weighted by Crippen LogP contribution is 2.19. The first kappa shape index (κ1) is 15.6. The summed E-state index contributed by atoms with van der Waals surface area (Å²) in [5, 5.41) is 15.0. The van der Waals surface area contributed by atoms with E-state index in [9.17, 15) is 14.7 Å². The molecule has 4 N–H and O–H groups in total. The molecule has 0 aliphatic carbocycles. The lowest BCUT2D eigenvalue weighted by Crippen LogP contribution is -2.50. The summed E-state index contributed by atoms with van der Waals surface area (Å²) in [6.07, 6.45) is 3.73. The zero-order valence-electron chi connectivity index (χ0n) is 11.8. The Morgan fingerprint density at radius 1 is 1.62 bits per heavy atom. The van der Waals surface area contributed by atoms with E-state index in [0.717, 1.165) is 4.47 Å². The molecular formula is C13H18BrN4O3+. The molecule has 0 bridgehead atoms. The Morgan fingerprint density at radius 3 is 2.81 bits per heavy atom. The smallest absolute Gasteiger partial charge is 0.326 e. The Labute approximate surface area is 130 Å². The van der Waals surface area contributed by atoms with Gasteiger partial charge in [-0.05, 0) is 28.9 Å². The maximum absolute atomic E-state index is 12.1. The van der Waals surface area contributed by atoms with Gasteiger partial charge in [-0.3, -0.25) is 14.7 Å². The first-order valence-corrected chi connectivity index (χ1v) is 7.28. The van der Waals surface area contributed by atoms with Crippen LogP contribution in [0.2, 0.25) is 0 Å². The number of carboxylic acids is 1. The van der Waals surface area contributed by atoms with Gasteiger partial charge >= 0.3 is 5.97 Å². The third kappa shape index (κ3) is 3.44. The molecule has 0 radical (unpaired) electrons. The number of amides is 1. The van der Waals surface area contributed by atoms with Crippen molar-refractivity contribution in [1.82, 2.24) is 15.6 Å². The molecule has 0 fully saturated rings. The molecule has 1 aliphatic heterocycles.